The van der Waals surface area contributed by atoms with Crippen LogP contribution in [0, 0.1) is 0 Å². The molecular weight excluding hydrogens is 230 g/mol. The maximum atomic E-state index is 11.8. The molecular formula is C13H11N3O2. The SMILES string of the molecule is Nc1ccc(C(=O)NC(=O)c2ccncc2)cc1. The molecule has 0 bridgehead atoms. The standard InChI is InChI=1S/C13H11N3O2/c14-11-3-1-9(2-4-11)12(17)16-13(18)10-5-7-15-8-6-10/h1-8H,14H2,(H,16,17,18). The van der Waals surface area contributed by atoms with Gasteiger partial charge in [0.25, 0.3) is 11.8 Å². The van der Waals surface area contributed by atoms with E-state index in [9.17, 15) is 9.59 Å². The predicted octanol–water partition coefficient (Wildman–Crippen LogP) is 1.23. The molecule has 0 radical (unpaired) electrons. The van der Waals surface area contributed by atoms with E-state index in [2.05, 4.69) is 10.3 Å². The molecule has 0 atom stereocenters. The molecule has 2 rings (SSSR count). The molecule has 90 valence electrons. The van der Waals surface area contributed by atoms with Crippen LogP contribution in [-0.2, 0) is 0 Å². The van der Waals surface area contributed by atoms with Crippen LogP contribution < -0.4 is 11.1 Å². The summed E-state index contributed by atoms with van der Waals surface area (Å²) in [6, 6.07) is 9.39. The van der Waals surface area contributed by atoms with Crippen molar-refractivity contribution in [3.05, 3.63) is 59.9 Å². The zero-order valence-electron chi connectivity index (χ0n) is 9.46. The summed E-state index contributed by atoms with van der Waals surface area (Å²) in [5.74, 6) is -0.920. The number of nitrogens with zero attached hydrogens (tertiary/aromatic N) is 1. The quantitative estimate of drug-likeness (QED) is 0.611. The van der Waals surface area contributed by atoms with E-state index in [1.807, 2.05) is 0 Å². The van der Waals surface area contributed by atoms with Gasteiger partial charge in [-0.25, -0.2) is 0 Å². The molecule has 0 spiro atoms. The van der Waals surface area contributed by atoms with Crippen LogP contribution in [0.4, 0.5) is 5.69 Å². The average molecular weight is 241 g/mol. The number of benzene rings is 1. The van der Waals surface area contributed by atoms with E-state index in [4.69, 9.17) is 5.73 Å². The third kappa shape index (κ3) is 2.70. The van der Waals surface area contributed by atoms with Gasteiger partial charge in [-0.15, -0.1) is 0 Å². The first-order valence-corrected chi connectivity index (χ1v) is 5.28. The number of aromatic nitrogens is 1. The van der Waals surface area contributed by atoms with E-state index in [0.717, 1.165) is 0 Å². The van der Waals surface area contributed by atoms with Crippen molar-refractivity contribution in [1.82, 2.24) is 10.3 Å². The van der Waals surface area contributed by atoms with Crippen LogP contribution in [0.3, 0.4) is 0 Å². The van der Waals surface area contributed by atoms with Crippen LogP contribution in [0.5, 0.6) is 0 Å². The number of nitrogens with one attached hydrogen (secondary N) is 1. The Labute approximate surface area is 104 Å². The second kappa shape index (κ2) is 5.09. The number of nitrogens with two attached hydrogens (primary N) is 1. The second-order valence-electron chi connectivity index (χ2n) is 3.64. The molecule has 5 heteroatoms. The third-order valence-corrected chi connectivity index (χ3v) is 2.34. The summed E-state index contributed by atoms with van der Waals surface area (Å²) in [5, 5.41) is 2.29. The Morgan fingerprint density at radius 1 is 0.889 bits per heavy atom. The molecule has 1 heterocycles. The Balaban J connectivity index is 2.08. The van der Waals surface area contributed by atoms with Gasteiger partial charge in [0.2, 0.25) is 0 Å². The number of hydrogen-bond acceptors (Lipinski definition) is 4. The monoisotopic (exact) mass is 241 g/mol. The fourth-order valence-electron chi connectivity index (χ4n) is 1.39. The van der Waals surface area contributed by atoms with Gasteiger partial charge in [-0.2, -0.15) is 0 Å². The minimum absolute atomic E-state index is 0.381. The van der Waals surface area contributed by atoms with Crippen molar-refractivity contribution < 1.29 is 9.59 Å². The third-order valence-electron chi connectivity index (χ3n) is 2.34. The molecule has 0 aliphatic rings. The first-order valence-electron chi connectivity index (χ1n) is 5.28. The zero-order valence-corrected chi connectivity index (χ0v) is 9.46. The van der Waals surface area contributed by atoms with Crippen LogP contribution in [0.15, 0.2) is 48.8 Å². The molecule has 0 unspecified atom stereocenters. The van der Waals surface area contributed by atoms with Gasteiger partial charge in [-0.3, -0.25) is 19.9 Å². The predicted molar refractivity (Wildman–Crippen MR) is 66.9 cm³/mol. The maximum absolute atomic E-state index is 11.8. The van der Waals surface area contributed by atoms with Crippen molar-refractivity contribution >= 4 is 17.5 Å². The molecule has 0 saturated heterocycles. The highest BCUT2D eigenvalue weighted by molar-refractivity contribution is 6.10. The minimum Gasteiger partial charge on any atom is -0.399 e. The van der Waals surface area contributed by atoms with Crippen LogP contribution in [0.1, 0.15) is 20.7 Å². The maximum Gasteiger partial charge on any atom is 0.258 e. The molecule has 0 saturated carbocycles. The molecule has 18 heavy (non-hydrogen) atoms. The van der Waals surface area contributed by atoms with Gasteiger partial charge in [0.05, 0.1) is 0 Å². The lowest BCUT2D eigenvalue weighted by molar-refractivity contribution is 0.0849. The van der Waals surface area contributed by atoms with Gasteiger partial charge in [0.15, 0.2) is 0 Å². The number of carbonyl (C=O) groups excluding carboxylic acids is 2. The Hall–Kier alpha value is -2.69. The minimum atomic E-state index is -0.461. The van der Waals surface area contributed by atoms with Gasteiger partial charge in [0, 0.05) is 29.2 Å². The fraction of sp³-hybridized carbons (Fsp3) is 0. The van der Waals surface area contributed by atoms with Crippen LogP contribution >= 0.6 is 0 Å². The van der Waals surface area contributed by atoms with Crippen molar-refractivity contribution in [2.24, 2.45) is 0 Å². The van der Waals surface area contributed by atoms with E-state index in [0.29, 0.717) is 16.8 Å². The summed E-state index contributed by atoms with van der Waals surface area (Å²) >= 11 is 0. The van der Waals surface area contributed by atoms with Crippen molar-refractivity contribution in [1.29, 1.82) is 0 Å². The number of anilines is 1. The van der Waals surface area contributed by atoms with E-state index < -0.39 is 11.8 Å². The smallest absolute Gasteiger partial charge is 0.258 e. The normalized spacial score (nSPS) is 9.78. The summed E-state index contributed by atoms with van der Waals surface area (Å²) in [4.78, 5) is 27.3. The molecule has 1 aromatic heterocycles. The molecule has 3 N–H and O–H groups in total. The summed E-state index contributed by atoms with van der Waals surface area (Å²) in [5.41, 5.74) is 6.84. The van der Waals surface area contributed by atoms with Crippen molar-refractivity contribution in [3.8, 4) is 0 Å². The number of carbonyl (C=O) groups is 2. The largest absolute Gasteiger partial charge is 0.399 e. The summed E-state index contributed by atoms with van der Waals surface area (Å²) in [7, 11) is 0. The number of imide groups is 1. The van der Waals surface area contributed by atoms with E-state index in [-0.39, 0.29) is 0 Å². The van der Waals surface area contributed by atoms with E-state index in [1.165, 1.54) is 24.5 Å². The molecule has 0 fully saturated rings. The highest BCUT2D eigenvalue weighted by atomic mass is 16.2. The molecule has 2 amide bonds. The summed E-state index contributed by atoms with van der Waals surface area (Å²) < 4.78 is 0. The summed E-state index contributed by atoms with van der Waals surface area (Å²) in [6.45, 7) is 0. The molecule has 5 nitrogen and oxygen atoms in total. The highest BCUT2D eigenvalue weighted by Crippen LogP contribution is 2.05. The first-order chi connectivity index (χ1) is 8.66. The molecule has 2 aromatic rings. The van der Waals surface area contributed by atoms with Crippen LogP contribution in [0.2, 0.25) is 0 Å². The van der Waals surface area contributed by atoms with E-state index in [1.54, 1.807) is 24.3 Å². The molecule has 0 aliphatic heterocycles. The first kappa shape index (κ1) is 11.8. The van der Waals surface area contributed by atoms with Crippen molar-refractivity contribution in [2.45, 2.75) is 0 Å². The number of amides is 2. The van der Waals surface area contributed by atoms with Gasteiger partial charge >= 0.3 is 0 Å². The van der Waals surface area contributed by atoms with Gasteiger partial charge in [0.1, 0.15) is 0 Å². The Morgan fingerprint density at radius 3 is 1.94 bits per heavy atom. The van der Waals surface area contributed by atoms with Crippen molar-refractivity contribution in [3.63, 3.8) is 0 Å². The Bertz CT molecular complexity index is 565. The second-order valence-corrected chi connectivity index (χ2v) is 3.64. The fourth-order valence-corrected chi connectivity index (χ4v) is 1.39. The number of rotatable bonds is 2. The molecule has 0 aliphatic carbocycles. The summed E-state index contributed by atoms with van der Waals surface area (Å²) in [6.07, 6.45) is 2.98. The lowest BCUT2D eigenvalue weighted by Gasteiger charge is -2.04. The topological polar surface area (TPSA) is 85.1 Å². The van der Waals surface area contributed by atoms with Gasteiger partial charge in [-0.05, 0) is 36.4 Å². The average Bonchev–Trinajstić information content (AvgIpc) is 2.40. The Kier molecular flexibility index (Phi) is 3.33. The van der Waals surface area contributed by atoms with Crippen LogP contribution in [-0.4, -0.2) is 16.8 Å². The Morgan fingerprint density at radius 2 is 1.39 bits per heavy atom. The number of nitrogen functional groups attached to an aromatic ring is 1. The lowest BCUT2D eigenvalue weighted by atomic mass is 10.2. The van der Waals surface area contributed by atoms with Crippen molar-refractivity contribution in [2.75, 3.05) is 5.73 Å². The number of pyridine rings is 1. The van der Waals surface area contributed by atoms with E-state index >= 15 is 0 Å². The molecule has 1 aromatic carbocycles. The number of hydrogen-bond donors (Lipinski definition) is 2. The lowest BCUT2D eigenvalue weighted by Crippen LogP contribution is -2.30. The van der Waals surface area contributed by atoms with Gasteiger partial charge < -0.3 is 5.73 Å². The highest BCUT2D eigenvalue weighted by Gasteiger charge is 2.11. The van der Waals surface area contributed by atoms with Gasteiger partial charge in [-0.1, -0.05) is 0 Å². The zero-order chi connectivity index (χ0) is 13.0. The van der Waals surface area contributed by atoms with Crippen LogP contribution in [0.25, 0.3) is 0 Å².